The van der Waals surface area contributed by atoms with Gasteiger partial charge in [0.2, 0.25) is 0 Å². The zero-order valence-corrected chi connectivity index (χ0v) is 22.8. The SMILES string of the molecule is CC(C)(C)C1CCC(C2(SC3(C4CCC(C(C)(C)C)CC4)CCCC3)CCCC2)CC1. The number of hydrogen-bond acceptors (Lipinski definition) is 1. The van der Waals surface area contributed by atoms with Crippen LogP contribution in [0.3, 0.4) is 0 Å². The van der Waals surface area contributed by atoms with Crippen LogP contribution in [0, 0.1) is 34.5 Å². The summed E-state index contributed by atoms with van der Waals surface area (Å²) in [7, 11) is 0. The summed E-state index contributed by atoms with van der Waals surface area (Å²) in [6, 6.07) is 0. The molecular weight excluding hydrogens is 392 g/mol. The first-order valence-electron chi connectivity index (χ1n) is 14.2. The van der Waals surface area contributed by atoms with Crippen LogP contribution in [0.15, 0.2) is 0 Å². The smallest absolute Gasteiger partial charge is 0.0193 e. The number of thioether (sulfide) groups is 1. The van der Waals surface area contributed by atoms with Crippen LogP contribution < -0.4 is 0 Å². The van der Waals surface area contributed by atoms with Gasteiger partial charge in [-0.05, 0) is 112 Å². The molecule has 180 valence electrons. The number of rotatable bonds is 4. The molecule has 0 N–H and O–H groups in total. The Balaban J connectivity index is 1.47. The standard InChI is InChI=1S/C30H54S/c1-27(2,3)23-11-15-25(16-12-23)29(19-7-8-20-29)31-30(21-9-10-22-30)26-17-13-24(14-18-26)28(4,5)6/h23-26H,7-22H2,1-6H3. The van der Waals surface area contributed by atoms with Gasteiger partial charge in [0, 0.05) is 9.49 Å². The Morgan fingerprint density at radius 2 is 0.774 bits per heavy atom. The van der Waals surface area contributed by atoms with Crippen molar-refractivity contribution in [1.82, 2.24) is 0 Å². The van der Waals surface area contributed by atoms with Crippen LogP contribution in [-0.2, 0) is 0 Å². The lowest BCUT2D eigenvalue weighted by molar-refractivity contribution is 0.127. The molecule has 4 saturated carbocycles. The lowest BCUT2D eigenvalue weighted by Gasteiger charge is -2.51. The molecule has 4 rings (SSSR count). The molecule has 0 aliphatic heterocycles. The minimum atomic E-state index is 0.513. The molecule has 0 radical (unpaired) electrons. The molecule has 0 bridgehead atoms. The quantitative estimate of drug-likeness (QED) is 0.414. The average molecular weight is 447 g/mol. The third-order valence-corrected chi connectivity index (χ3v) is 13.0. The van der Waals surface area contributed by atoms with Gasteiger partial charge in [-0.3, -0.25) is 0 Å². The average Bonchev–Trinajstić information content (AvgIpc) is 3.38. The van der Waals surface area contributed by atoms with E-state index in [2.05, 4.69) is 53.3 Å². The Kier molecular flexibility index (Phi) is 7.25. The van der Waals surface area contributed by atoms with Crippen LogP contribution in [0.2, 0.25) is 0 Å². The highest BCUT2D eigenvalue weighted by Gasteiger charge is 2.53. The van der Waals surface area contributed by atoms with Crippen LogP contribution in [0.25, 0.3) is 0 Å². The fourth-order valence-electron chi connectivity index (χ4n) is 8.51. The summed E-state index contributed by atoms with van der Waals surface area (Å²) in [6.45, 7) is 14.9. The maximum atomic E-state index is 2.64. The monoisotopic (exact) mass is 446 g/mol. The van der Waals surface area contributed by atoms with E-state index >= 15 is 0 Å². The zero-order chi connectivity index (χ0) is 22.3. The van der Waals surface area contributed by atoms with Gasteiger partial charge in [0.15, 0.2) is 0 Å². The summed E-state index contributed by atoms with van der Waals surface area (Å²) in [5.74, 6) is 3.95. The topological polar surface area (TPSA) is 0 Å². The lowest BCUT2D eigenvalue weighted by Crippen LogP contribution is -2.44. The molecule has 0 unspecified atom stereocenters. The van der Waals surface area contributed by atoms with Gasteiger partial charge in [-0.15, -0.1) is 11.8 Å². The van der Waals surface area contributed by atoms with E-state index in [-0.39, 0.29) is 0 Å². The van der Waals surface area contributed by atoms with E-state index in [0.717, 1.165) is 23.7 Å². The van der Waals surface area contributed by atoms with Gasteiger partial charge in [-0.25, -0.2) is 0 Å². The molecule has 4 fully saturated rings. The van der Waals surface area contributed by atoms with Crippen LogP contribution >= 0.6 is 11.8 Å². The van der Waals surface area contributed by atoms with E-state index < -0.39 is 0 Å². The van der Waals surface area contributed by atoms with Gasteiger partial charge in [0.05, 0.1) is 0 Å². The molecule has 0 heterocycles. The number of hydrogen-bond donors (Lipinski definition) is 0. The van der Waals surface area contributed by atoms with Crippen molar-refractivity contribution in [2.45, 2.75) is 154 Å². The predicted molar refractivity (Wildman–Crippen MR) is 140 cm³/mol. The van der Waals surface area contributed by atoms with Crippen molar-refractivity contribution in [3.63, 3.8) is 0 Å². The molecule has 0 amide bonds. The normalized spacial score (nSPS) is 36.6. The van der Waals surface area contributed by atoms with Crippen LogP contribution in [0.5, 0.6) is 0 Å². The third kappa shape index (κ3) is 5.22. The van der Waals surface area contributed by atoms with Crippen molar-refractivity contribution >= 4 is 11.8 Å². The minimum absolute atomic E-state index is 0.513. The van der Waals surface area contributed by atoms with E-state index in [9.17, 15) is 0 Å². The van der Waals surface area contributed by atoms with Gasteiger partial charge >= 0.3 is 0 Å². The lowest BCUT2D eigenvalue weighted by atomic mass is 9.66. The van der Waals surface area contributed by atoms with Crippen LogP contribution in [0.1, 0.15) is 144 Å². The summed E-state index contributed by atoms with van der Waals surface area (Å²) >= 11 is 2.64. The largest absolute Gasteiger partial charge is 0.148 e. The van der Waals surface area contributed by atoms with Crippen molar-refractivity contribution < 1.29 is 0 Å². The van der Waals surface area contributed by atoms with Gasteiger partial charge in [0.25, 0.3) is 0 Å². The second kappa shape index (κ2) is 9.19. The molecule has 0 aromatic heterocycles. The third-order valence-electron chi connectivity index (χ3n) is 10.7. The van der Waals surface area contributed by atoms with E-state index in [1.54, 1.807) is 25.7 Å². The molecule has 4 aliphatic rings. The molecule has 0 saturated heterocycles. The first kappa shape index (κ1) is 24.5. The van der Waals surface area contributed by atoms with Crippen molar-refractivity contribution in [2.75, 3.05) is 0 Å². The van der Waals surface area contributed by atoms with E-state index in [0.29, 0.717) is 20.3 Å². The van der Waals surface area contributed by atoms with Gasteiger partial charge in [0.1, 0.15) is 0 Å². The first-order valence-corrected chi connectivity index (χ1v) is 15.1. The molecule has 4 aliphatic carbocycles. The van der Waals surface area contributed by atoms with Gasteiger partial charge < -0.3 is 0 Å². The predicted octanol–water partition coefficient (Wildman–Crippen LogP) is 10.1. The maximum absolute atomic E-state index is 2.64. The van der Waals surface area contributed by atoms with Crippen molar-refractivity contribution in [3.8, 4) is 0 Å². The van der Waals surface area contributed by atoms with E-state index in [1.165, 1.54) is 77.0 Å². The molecule has 0 spiro atoms. The molecule has 0 atom stereocenters. The highest BCUT2D eigenvalue weighted by Crippen LogP contribution is 2.63. The van der Waals surface area contributed by atoms with Crippen LogP contribution in [0.4, 0.5) is 0 Å². The highest BCUT2D eigenvalue weighted by molar-refractivity contribution is 8.02. The summed E-state index contributed by atoms with van der Waals surface area (Å²) in [6.07, 6.45) is 24.3. The zero-order valence-electron chi connectivity index (χ0n) is 22.0. The summed E-state index contributed by atoms with van der Waals surface area (Å²) in [5, 5.41) is 0. The van der Waals surface area contributed by atoms with Crippen LogP contribution in [-0.4, -0.2) is 9.49 Å². The summed E-state index contributed by atoms with van der Waals surface area (Å²) in [5.41, 5.74) is 1.03. The van der Waals surface area contributed by atoms with Crippen molar-refractivity contribution in [3.05, 3.63) is 0 Å². The molecule has 1 heteroatoms. The molecular formula is C30H54S. The molecule has 0 nitrogen and oxygen atoms in total. The van der Waals surface area contributed by atoms with E-state index in [1.807, 2.05) is 0 Å². The molecule has 0 aromatic rings. The maximum Gasteiger partial charge on any atom is 0.0193 e. The van der Waals surface area contributed by atoms with Crippen molar-refractivity contribution in [2.24, 2.45) is 34.5 Å². The first-order chi connectivity index (χ1) is 14.5. The molecule has 0 aromatic carbocycles. The fourth-order valence-corrected chi connectivity index (χ4v) is 11.1. The highest BCUT2D eigenvalue weighted by atomic mass is 32.2. The van der Waals surface area contributed by atoms with Gasteiger partial charge in [-0.1, -0.05) is 67.2 Å². The summed E-state index contributed by atoms with van der Waals surface area (Å²) in [4.78, 5) is 0. The second-order valence-corrected chi connectivity index (χ2v) is 16.3. The Morgan fingerprint density at radius 3 is 1.03 bits per heavy atom. The van der Waals surface area contributed by atoms with Crippen molar-refractivity contribution in [1.29, 1.82) is 0 Å². The Hall–Kier alpha value is 0.350. The Morgan fingerprint density at radius 1 is 0.484 bits per heavy atom. The summed E-state index contributed by atoms with van der Waals surface area (Å²) < 4.78 is 1.29. The Labute approximate surface area is 199 Å². The minimum Gasteiger partial charge on any atom is -0.148 e. The fraction of sp³-hybridized carbons (Fsp3) is 1.00. The van der Waals surface area contributed by atoms with E-state index in [4.69, 9.17) is 0 Å². The Bertz CT molecular complexity index is 511. The molecule has 31 heavy (non-hydrogen) atoms. The second-order valence-electron chi connectivity index (χ2n) is 14.5. The van der Waals surface area contributed by atoms with Gasteiger partial charge in [-0.2, -0.15) is 0 Å².